The first-order chi connectivity index (χ1) is 8.26. The molecule has 0 fully saturated rings. The molecule has 1 heterocycles. The van der Waals surface area contributed by atoms with Crippen LogP contribution in [0.25, 0.3) is 20.8 Å². The van der Waals surface area contributed by atoms with Gasteiger partial charge in [0.2, 0.25) is 0 Å². The van der Waals surface area contributed by atoms with E-state index in [1.807, 2.05) is 24.3 Å². The molecule has 3 nitrogen and oxygen atoms in total. The van der Waals surface area contributed by atoms with Gasteiger partial charge in [-0.2, -0.15) is 0 Å². The van der Waals surface area contributed by atoms with Crippen LogP contribution in [0, 0.1) is 5.41 Å². The summed E-state index contributed by atoms with van der Waals surface area (Å²) in [5, 5.41) is 8.14. The summed E-state index contributed by atoms with van der Waals surface area (Å²) >= 11 is 1.66. The first kappa shape index (κ1) is 10.4. The van der Waals surface area contributed by atoms with Crippen LogP contribution in [0.5, 0.6) is 0 Å². The first-order valence-electron chi connectivity index (χ1n) is 5.34. The molecule has 0 amide bonds. The van der Waals surface area contributed by atoms with Crippen molar-refractivity contribution in [2.45, 2.75) is 6.54 Å². The minimum atomic E-state index is 0.518. The van der Waals surface area contributed by atoms with Gasteiger partial charge in [-0.3, -0.25) is 0 Å². The number of hydrogen-bond donors (Lipinski definition) is 2. The van der Waals surface area contributed by atoms with Gasteiger partial charge >= 0.3 is 0 Å². The molecule has 0 unspecified atom stereocenters. The van der Waals surface area contributed by atoms with Crippen LogP contribution < -0.4 is 11.1 Å². The van der Waals surface area contributed by atoms with Crippen molar-refractivity contribution in [3.05, 3.63) is 47.3 Å². The lowest BCUT2D eigenvalue weighted by molar-refractivity contribution is 1.08. The van der Waals surface area contributed by atoms with Gasteiger partial charge in [-0.05, 0) is 35.9 Å². The third-order valence-electron chi connectivity index (χ3n) is 2.68. The lowest BCUT2D eigenvalue weighted by Crippen LogP contribution is -1.99. The van der Waals surface area contributed by atoms with Gasteiger partial charge in [0, 0.05) is 6.54 Å². The molecule has 0 spiro atoms. The van der Waals surface area contributed by atoms with Crippen LogP contribution in [-0.2, 0) is 6.54 Å². The minimum Gasteiger partial charge on any atom is -0.326 e. The maximum atomic E-state index is 7.62. The smallest absolute Gasteiger partial charge is 0.0811 e. The summed E-state index contributed by atoms with van der Waals surface area (Å²) in [6.07, 6.45) is 0. The second kappa shape index (κ2) is 3.91. The molecule has 1 aromatic rings. The van der Waals surface area contributed by atoms with E-state index in [1.54, 1.807) is 17.4 Å². The number of aromatic nitrogens is 1. The minimum absolute atomic E-state index is 0.518. The van der Waals surface area contributed by atoms with Crippen molar-refractivity contribution >= 4 is 21.6 Å². The Hall–Kier alpha value is -1.78. The highest BCUT2D eigenvalue weighted by atomic mass is 32.1. The number of nitrogens with one attached hydrogen (secondary N) is 1. The summed E-state index contributed by atoms with van der Waals surface area (Å²) in [6.45, 7) is 0.541. The molecule has 4 heteroatoms. The third-order valence-corrected chi connectivity index (χ3v) is 3.77. The second-order valence-electron chi connectivity index (χ2n) is 3.90. The van der Waals surface area contributed by atoms with Crippen LogP contribution in [0.1, 0.15) is 5.56 Å². The summed E-state index contributed by atoms with van der Waals surface area (Å²) in [6, 6.07) is 11.6. The number of nitrogens with two attached hydrogens (primary N) is 1. The number of hydrogen-bond acceptors (Lipinski definition) is 4. The van der Waals surface area contributed by atoms with Crippen LogP contribution >= 0.6 is 11.3 Å². The Balaban J connectivity index is 2.37. The van der Waals surface area contributed by atoms with Gasteiger partial charge in [0.15, 0.2) is 0 Å². The highest BCUT2D eigenvalue weighted by molar-refractivity contribution is 7.21. The summed E-state index contributed by atoms with van der Waals surface area (Å²) in [5.74, 6) is 0. The molecular formula is C13H11N3S. The number of nitrogens with zero attached hydrogens (tertiary/aromatic N) is 1. The molecule has 2 aliphatic rings. The van der Waals surface area contributed by atoms with Crippen molar-refractivity contribution in [2.24, 2.45) is 5.73 Å². The molecule has 17 heavy (non-hydrogen) atoms. The zero-order valence-corrected chi connectivity index (χ0v) is 9.92. The lowest BCUT2D eigenvalue weighted by Gasteiger charge is -2.06. The summed E-state index contributed by atoms with van der Waals surface area (Å²) < 4.78 is 1.12. The van der Waals surface area contributed by atoms with E-state index in [0.29, 0.717) is 11.9 Å². The monoisotopic (exact) mass is 241 g/mol. The number of rotatable bonds is 1. The van der Waals surface area contributed by atoms with Crippen LogP contribution in [0.15, 0.2) is 36.4 Å². The molecule has 0 saturated carbocycles. The molecular weight excluding hydrogens is 230 g/mol. The van der Waals surface area contributed by atoms with E-state index < -0.39 is 0 Å². The zero-order chi connectivity index (χ0) is 11.8. The fraction of sp³-hybridized carbons (Fsp3) is 0.0769. The highest BCUT2D eigenvalue weighted by Crippen LogP contribution is 2.29. The van der Waals surface area contributed by atoms with Gasteiger partial charge in [-0.25, -0.2) is 4.98 Å². The van der Waals surface area contributed by atoms with E-state index in [4.69, 9.17) is 11.1 Å². The molecule has 3 N–H and O–H groups in total. The van der Waals surface area contributed by atoms with E-state index >= 15 is 0 Å². The standard InChI is InChI=1S/C13H11N3S/c14-7-8-1-3-10-12(5-8)17-13-6-9(15)2-4-11(13)16-10/h1-6,15H,7,14H2. The zero-order valence-electron chi connectivity index (χ0n) is 9.10. The van der Waals surface area contributed by atoms with Crippen molar-refractivity contribution < 1.29 is 0 Å². The van der Waals surface area contributed by atoms with E-state index in [-0.39, 0.29) is 0 Å². The second-order valence-corrected chi connectivity index (χ2v) is 4.99. The summed E-state index contributed by atoms with van der Waals surface area (Å²) in [7, 11) is 0. The highest BCUT2D eigenvalue weighted by Gasteiger charge is 2.06. The van der Waals surface area contributed by atoms with Crippen LogP contribution in [0.3, 0.4) is 0 Å². The topological polar surface area (TPSA) is 62.8 Å². The first-order valence-corrected chi connectivity index (χ1v) is 6.16. The Bertz CT molecular complexity index is 717. The fourth-order valence-corrected chi connectivity index (χ4v) is 2.87. The predicted molar refractivity (Wildman–Crippen MR) is 70.0 cm³/mol. The van der Waals surface area contributed by atoms with Crippen LogP contribution in [0.2, 0.25) is 0 Å². The maximum absolute atomic E-state index is 7.62. The molecule has 0 bridgehead atoms. The van der Waals surface area contributed by atoms with Gasteiger partial charge in [0.25, 0.3) is 0 Å². The lowest BCUT2D eigenvalue weighted by atomic mass is 10.2. The third kappa shape index (κ3) is 1.81. The summed E-state index contributed by atoms with van der Waals surface area (Å²) in [5.41, 5.74) is 8.67. The van der Waals surface area contributed by atoms with E-state index in [2.05, 4.69) is 11.1 Å². The Kier molecular flexibility index (Phi) is 2.39. The van der Waals surface area contributed by atoms with Gasteiger partial charge in [0.1, 0.15) is 0 Å². The van der Waals surface area contributed by atoms with Crippen molar-refractivity contribution in [2.75, 3.05) is 0 Å². The van der Waals surface area contributed by atoms with Gasteiger partial charge < -0.3 is 11.1 Å². The van der Waals surface area contributed by atoms with E-state index in [0.717, 1.165) is 26.4 Å². The molecule has 0 aromatic heterocycles. The average Bonchev–Trinajstić information content (AvgIpc) is 2.35. The predicted octanol–water partition coefficient (Wildman–Crippen LogP) is 2.34. The maximum Gasteiger partial charge on any atom is 0.0811 e. The van der Waals surface area contributed by atoms with Gasteiger partial charge in [-0.1, -0.05) is 6.07 Å². The Morgan fingerprint density at radius 1 is 1.18 bits per heavy atom. The Morgan fingerprint density at radius 3 is 2.88 bits per heavy atom. The van der Waals surface area contributed by atoms with E-state index in [1.165, 1.54) is 0 Å². The normalized spacial score (nSPS) is 11.1. The molecule has 3 rings (SSSR count). The fourth-order valence-electron chi connectivity index (χ4n) is 1.80. The average molecular weight is 241 g/mol. The van der Waals surface area contributed by atoms with Gasteiger partial charge in [0.05, 0.1) is 26.1 Å². The largest absolute Gasteiger partial charge is 0.326 e. The van der Waals surface area contributed by atoms with Crippen LogP contribution in [0.4, 0.5) is 0 Å². The number of fused-ring (bicyclic) bond motifs is 2. The van der Waals surface area contributed by atoms with Gasteiger partial charge in [-0.15, -0.1) is 11.3 Å². The van der Waals surface area contributed by atoms with Crippen molar-refractivity contribution in [3.63, 3.8) is 0 Å². The quantitative estimate of drug-likeness (QED) is 0.642. The SMILES string of the molecule is N=c1ccc2nc3ccc(CN)cc3sc-2c1. The Labute approximate surface area is 102 Å². The molecule has 0 saturated heterocycles. The molecule has 0 radical (unpaired) electrons. The van der Waals surface area contributed by atoms with Crippen molar-refractivity contribution in [3.8, 4) is 10.6 Å². The Morgan fingerprint density at radius 2 is 2.06 bits per heavy atom. The van der Waals surface area contributed by atoms with Crippen LogP contribution in [-0.4, -0.2) is 4.98 Å². The molecule has 1 aliphatic heterocycles. The van der Waals surface area contributed by atoms with Crippen molar-refractivity contribution in [1.29, 1.82) is 5.41 Å². The van der Waals surface area contributed by atoms with E-state index in [9.17, 15) is 0 Å². The van der Waals surface area contributed by atoms with Crippen molar-refractivity contribution in [1.82, 2.24) is 4.98 Å². The molecule has 84 valence electrons. The summed E-state index contributed by atoms with van der Waals surface area (Å²) in [4.78, 5) is 5.62. The number of benzene rings is 2. The molecule has 0 atom stereocenters. The molecule has 1 aromatic carbocycles. The molecule has 1 aliphatic carbocycles.